The summed E-state index contributed by atoms with van der Waals surface area (Å²) in [5.74, 6) is 2.25. The number of rotatable bonds is 6. The first-order valence-corrected chi connectivity index (χ1v) is 19.3. The summed E-state index contributed by atoms with van der Waals surface area (Å²) in [5.41, 5.74) is 6.82. The first-order valence-electron chi connectivity index (χ1n) is 19.3. The van der Waals surface area contributed by atoms with Crippen molar-refractivity contribution in [3.8, 4) is 62.8 Å². The first kappa shape index (κ1) is 35.0. The van der Waals surface area contributed by atoms with Crippen LogP contribution in [-0.2, 0) is 4.79 Å². The van der Waals surface area contributed by atoms with Crippen molar-refractivity contribution in [2.24, 2.45) is 0 Å². The van der Waals surface area contributed by atoms with E-state index < -0.39 is 11.9 Å². The molecule has 12 nitrogen and oxygen atoms in total. The largest absolute Gasteiger partial charge is 0.497 e. The molecule has 2 aliphatic rings. The minimum absolute atomic E-state index is 0.292. The fourth-order valence-corrected chi connectivity index (χ4v) is 7.97. The highest BCUT2D eigenvalue weighted by molar-refractivity contribution is 6.09. The second-order valence-corrected chi connectivity index (χ2v) is 14.3. The van der Waals surface area contributed by atoms with Crippen LogP contribution < -0.4 is 14.2 Å². The van der Waals surface area contributed by atoms with E-state index in [9.17, 15) is 4.79 Å². The van der Waals surface area contributed by atoms with Gasteiger partial charge in [0.1, 0.15) is 45.8 Å². The Morgan fingerprint density at radius 3 is 1.32 bits per heavy atom. The first-order chi connectivity index (χ1) is 29.5. The zero-order valence-electron chi connectivity index (χ0n) is 32.2. The van der Waals surface area contributed by atoms with Crippen LogP contribution in [0.15, 0.2) is 140 Å². The molecule has 0 saturated heterocycles. The van der Waals surface area contributed by atoms with Crippen LogP contribution in [0.3, 0.4) is 0 Å². The molecule has 6 aromatic carbocycles. The third-order valence-corrected chi connectivity index (χ3v) is 10.9. The van der Waals surface area contributed by atoms with E-state index >= 15 is 0 Å². The van der Waals surface area contributed by atoms with Gasteiger partial charge in [0.15, 0.2) is 23.3 Å². The molecule has 12 heteroatoms. The predicted molar refractivity (Wildman–Crippen MR) is 230 cm³/mol. The van der Waals surface area contributed by atoms with Crippen molar-refractivity contribution >= 4 is 50.1 Å². The molecule has 0 amide bonds. The van der Waals surface area contributed by atoms with Gasteiger partial charge < -0.3 is 24.2 Å². The quantitative estimate of drug-likeness (QED) is 0.123. The fraction of sp³-hybridized carbons (Fsp3) is 0.0625. The monoisotopic (exact) mass is 784 g/mol. The Bertz CT molecular complexity index is 3310. The summed E-state index contributed by atoms with van der Waals surface area (Å²) in [6.07, 6.45) is 0. The molecule has 8 bridgehead atoms. The molecule has 0 saturated carbocycles. The van der Waals surface area contributed by atoms with Crippen LogP contribution in [0.1, 0.15) is 17.0 Å². The summed E-state index contributed by atoms with van der Waals surface area (Å²) >= 11 is 0. The smallest absolute Gasteiger partial charge is 0.323 e. The summed E-state index contributed by atoms with van der Waals surface area (Å²) in [5, 5.41) is 3.00. The van der Waals surface area contributed by atoms with Gasteiger partial charge in [0.2, 0.25) is 0 Å². The summed E-state index contributed by atoms with van der Waals surface area (Å²) < 4.78 is 17.3. The topological polar surface area (TPSA) is 154 Å². The highest BCUT2D eigenvalue weighted by atomic mass is 16.5. The standard InChI is InChI=1S/C48H32N8O4/c1-58-28-22-18-26(19-23-28)38(27-20-24-29(59-2)25-21-27)48(57)60-37-17-9-16-36-39(37)47-55-45-35-15-8-7-14-34(35)43(53-45)51-41-31-11-4-3-10-30(31)40(49-41)50-42-32-12-5-6-13-33(32)44(52-42)54-46(36)56-47/h3-25,38H,1-2H3,(H2,49,50,51,52,53,54,55,56). The zero-order valence-corrected chi connectivity index (χ0v) is 32.2. The van der Waals surface area contributed by atoms with E-state index in [0.717, 1.165) is 44.2 Å². The second-order valence-electron chi connectivity index (χ2n) is 14.3. The van der Waals surface area contributed by atoms with E-state index in [1.165, 1.54) is 0 Å². The Balaban J connectivity index is 1.17. The number of H-pyrrole nitrogens is 2. The van der Waals surface area contributed by atoms with Crippen molar-refractivity contribution in [3.63, 3.8) is 0 Å². The van der Waals surface area contributed by atoms with Crippen LogP contribution >= 0.6 is 0 Å². The molecular weight excluding hydrogens is 753 g/mol. The second kappa shape index (κ2) is 14.0. The molecule has 0 spiro atoms. The van der Waals surface area contributed by atoms with E-state index in [4.69, 9.17) is 44.1 Å². The van der Waals surface area contributed by atoms with E-state index in [2.05, 4.69) is 9.97 Å². The molecular formula is C48H32N8O4. The van der Waals surface area contributed by atoms with Crippen LogP contribution in [0, 0.1) is 0 Å². The summed E-state index contributed by atoms with van der Waals surface area (Å²) in [7, 11) is 3.21. The summed E-state index contributed by atoms with van der Waals surface area (Å²) in [4.78, 5) is 52.0. The van der Waals surface area contributed by atoms with Crippen molar-refractivity contribution in [2.45, 2.75) is 5.92 Å². The van der Waals surface area contributed by atoms with Gasteiger partial charge in [-0.3, -0.25) is 4.79 Å². The molecule has 0 fully saturated rings. The number of hydrogen-bond donors (Lipinski definition) is 2. The highest BCUT2D eigenvalue weighted by Crippen LogP contribution is 2.39. The maximum absolute atomic E-state index is 14.6. The number of carbonyl (C=O) groups excluding carboxylic acids is 1. The molecule has 2 N–H and O–H groups in total. The average molecular weight is 785 g/mol. The molecule has 0 aliphatic carbocycles. The Morgan fingerprint density at radius 1 is 0.450 bits per heavy atom. The minimum atomic E-state index is -0.786. The fourth-order valence-electron chi connectivity index (χ4n) is 7.97. The normalized spacial score (nSPS) is 11.7. The minimum Gasteiger partial charge on any atom is -0.497 e. The van der Waals surface area contributed by atoms with Gasteiger partial charge >= 0.3 is 5.97 Å². The Kier molecular flexibility index (Phi) is 8.15. The maximum Gasteiger partial charge on any atom is 0.323 e. The van der Waals surface area contributed by atoms with Gasteiger partial charge in [-0.2, -0.15) is 0 Å². The number of aromatic amines is 2. The van der Waals surface area contributed by atoms with Gasteiger partial charge in [-0.05, 0) is 41.5 Å². The van der Waals surface area contributed by atoms with Crippen LogP contribution in [0.2, 0.25) is 0 Å². The SMILES string of the molecule is COc1ccc(C(C(=O)Oc2cccc3c4nc5nc(nc6[nH]c(nc7nc(nc([nH]4)c23)-c2ccccc2-7)c2ccccc62)-c2ccccc2-5)c2ccc(OC)cc2)cc1. The number of nitrogens with zero attached hydrogens (tertiary/aromatic N) is 6. The Morgan fingerprint density at radius 2 is 0.850 bits per heavy atom. The van der Waals surface area contributed by atoms with Crippen molar-refractivity contribution < 1.29 is 19.0 Å². The molecule has 11 rings (SSSR count). The molecule has 0 atom stereocenters. The number of aromatic nitrogens is 8. The number of nitrogens with one attached hydrogen (secondary N) is 2. The molecule has 60 heavy (non-hydrogen) atoms. The lowest BCUT2D eigenvalue weighted by Crippen LogP contribution is -2.20. The number of methoxy groups -OCH3 is 2. The van der Waals surface area contributed by atoms with Gasteiger partial charge in [0.05, 0.1) is 19.6 Å². The average Bonchev–Trinajstić information content (AvgIpc) is 4.03. The molecule has 288 valence electrons. The third-order valence-electron chi connectivity index (χ3n) is 10.9. The van der Waals surface area contributed by atoms with Gasteiger partial charge in [-0.25, -0.2) is 29.9 Å². The predicted octanol–water partition coefficient (Wildman–Crippen LogP) is 9.62. The summed E-state index contributed by atoms with van der Waals surface area (Å²) in [6, 6.07) is 44.0. The molecule has 3 aromatic heterocycles. The van der Waals surface area contributed by atoms with E-state index in [0.29, 0.717) is 73.9 Å². The van der Waals surface area contributed by atoms with Crippen LogP contribution in [0.4, 0.5) is 0 Å². The lowest BCUT2D eigenvalue weighted by atomic mass is 9.91. The Labute approximate surface area is 341 Å². The van der Waals surface area contributed by atoms with Gasteiger partial charge in [-0.1, -0.05) is 109 Å². The Hall–Kier alpha value is -8.25. The molecule has 5 heterocycles. The molecule has 2 aliphatic heterocycles. The van der Waals surface area contributed by atoms with Gasteiger partial charge in [0, 0.05) is 38.4 Å². The molecule has 9 aromatic rings. The maximum atomic E-state index is 14.6. The van der Waals surface area contributed by atoms with Crippen LogP contribution in [-0.4, -0.2) is 60.1 Å². The van der Waals surface area contributed by atoms with Crippen molar-refractivity contribution in [1.29, 1.82) is 0 Å². The van der Waals surface area contributed by atoms with Crippen molar-refractivity contribution in [3.05, 3.63) is 151 Å². The molecule has 0 radical (unpaired) electrons. The van der Waals surface area contributed by atoms with Gasteiger partial charge in [0.25, 0.3) is 0 Å². The van der Waals surface area contributed by atoms with Crippen molar-refractivity contribution in [1.82, 2.24) is 39.9 Å². The van der Waals surface area contributed by atoms with E-state index in [1.54, 1.807) is 20.3 Å². The number of fused-ring (bicyclic) bond motifs is 20. The summed E-state index contributed by atoms with van der Waals surface area (Å²) in [6.45, 7) is 0. The van der Waals surface area contributed by atoms with E-state index in [-0.39, 0.29) is 0 Å². The number of carbonyl (C=O) groups is 1. The zero-order chi connectivity index (χ0) is 40.3. The van der Waals surface area contributed by atoms with E-state index in [1.807, 2.05) is 133 Å². The lowest BCUT2D eigenvalue weighted by Gasteiger charge is -2.18. The number of ether oxygens (including phenoxy) is 3. The number of benzene rings is 6. The highest BCUT2D eigenvalue weighted by Gasteiger charge is 2.28. The molecule has 0 unspecified atom stereocenters. The third kappa shape index (κ3) is 5.80. The van der Waals surface area contributed by atoms with Crippen LogP contribution in [0.5, 0.6) is 17.2 Å². The number of hydrogen-bond acceptors (Lipinski definition) is 10. The van der Waals surface area contributed by atoms with Gasteiger partial charge in [-0.15, -0.1) is 0 Å². The number of esters is 1. The lowest BCUT2D eigenvalue weighted by molar-refractivity contribution is -0.135. The van der Waals surface area contributed by atoms with Crippen molar-refractivity contribution in [2.75, 3.05) is 14.2 Å². The van der Waals surface area contributed by atoms with Crippen LogP contribution in [0.25, 0.3) is 89.7 Å².